The summed E-state index contributed by atoms with van der Waals surface area (Å²) in [6.45, 7) is 8.41. The van der Waals surface area contributed by atoms with Crippen LogP contribution in [0, 0.1) is 0 Å². The van der Waals surface area contributed by atoms with Crippen LogP contribution in [0.15, 0.2) is 256 Å². The molecule has 0 aliphatic heterocycles. The molecule has 298 valence electrons. The van der Waals surface area contributed by atoms with Crippen LogP contribution in [0.4, 0.5) is 0 Å². The number of rotatable bonds is 11. The van der Waals surface area contributed by atoms with Crippen molar-refractivity contribution in [2.24, 2.45) is 0 Å². The predicted octanol–water partition coefficient (Wildman–Crippen LogP) is 11.6. The average Bonchev–Trinajstić information content (AvgIpc) is 3.36. The Balaban J connectivity index is 1.50. The summed E-state index contributed by atoms with van der Waals surface area (Å²) in [5.74, 6) is 0. The summed E-state index contributed by atoms with van der Waals surface area (Å²) < 4.78 is 0. The minimum atomic E-state index is -3.11. The second-order valence-corrected chi connectivity index (χ2v) is 23.6. The van der Waals surface area contributed by atoms with E-state index in [0.29, 0.717) is 0 Å². The van der Waals surface area contributed by atoms with Crippen molar-refractivity contribution in [1.29, 1.82) is 0 Å². The molecule has 10 aromatic carbocycles. The van der Waals surface area contributed by atoms with Crippen LogP contribution in [0.1, 0.15) is 11.1 Å². The molecule has 0 nitrogen and oxygen atoms in total. The van der Waals surface area contributed by atoms with Crippen LogP contribution >= 0.6 is 14.5 Å². The van der Waals surface area contributed by atoms with Crippen molar-refractivity contribution in [1.82, 2.24) is 0 Å². The van der Waals surface area contributed by atoms with Gasteiger partial charge in [0.05, 0.1) is 0 Å². The number of hydrogen-bond acceptors (Lipinski definition) is 0. The standard InChI is InChI=1S/C60H48P2/c1-3-45-35-39-55-47(43-45)37-41-57(61(49-23-11-5-12-24-49,50-25-13-6-14-26-50)51-27-15-7-16-28-51)59(55)60-56-40-36-46(4-2)44-48(56)38-42-58(60)62(52-29-17-8-18-30-52,53-31-19-9-20-32-53)54-33-21-10-22-34-54/h3-44,61-62H,1-2H2. The monoisotopic (exact) mass is 830 g/mol. The molecule has 0 heterocycles. The summed E-state index contributed by atoms with van der Waals surface area (Å²) in [6.07, 6.45) is 3.92. The first kappa shape index (κ1) is 39.2. The fourth-order valence-electron chi connectivity index (χ4n) is 10.2. The van der Waals surface area contributed by atoms with Crippen molar-refractivity contribution in [3.8, 4) is 11.1 Å². The van der Waals surface area contributed by atoms with Crippen molar-refractivity contribution in [3.05, 3.63) is 267 Å². The van der Waals surface area contributed by atoms with E-state index in [2.05, 4.69) is 256 Å². The summed E-state index contributed by atoms with van der Waals surface area (Å²) in [4.78, 5) is 0. The number of fused-ring (bicyclic) bond motifs is 2. The number of hydrogen-bond donors (Lipinski definition) is 0. The van der Waals surface area contributed by atoms with Gasteiger partial charge in [0.15, 0.2) is 0 Å². The Hall–Kier alpha value is -6.94. The molecule has 0 aromatic heterocycles. The predicted molar refractivity (Wildman–Crippen MR) is 279 cm³/mol. The Bertz CT molecular complexity index is 2770. The molecule has 62 heavy (non-hydrogen) atoms. The topological polar surface area (TPSA) is 0 Å². The zero-order valence-electron chi connectivity index (χ0n) is 34.7. The van der Waals surface area contributed by atoms with Crippen LogP contribution in [0.2, 0.25) is 0 Å². The van der Waals surface area contributed by atoms with E-state index in [9.17, 15) is 0 Å². The molecule has 0 aliphatic carbocycles. The molecule has 0 fully saturated rings. The molecule has 0 unspecified atom stereocenters. The molecule has 0 atom stereocenters. The zero-order valence-corrected chi connectivity index (χ0v) is 36.7. The Morgan fingerprint density at radius 2 is 0.532 bits per heavy atom. The van der Waals surface area contributed by atoms with E-state index < -0.39 is 14.5 Å². The van der Waals surface area contributed by atoms with Crippen molar-refractivity contribution in [2.75, 3.05) is 0 Å². The Morgan fingerprint density at radius 1 is 0.274 bits per heavy atom. The molecule has 0 amide bonds. The Kier molecular flexibility index (Phi) is 10.7. The molecule has 0 radical (unpaired) electrons. The van der Waals surface area contributed by atoms with E-state index in [-0.39, 0.29) is 0 Å². The summed E-state index contributed by atoms with van der Waals surface area (Å²) in [5, 5.41) is 15.6. The third kappa shape index (κ3) is 6.47. The maximum atomic E-state index is 4.20. The zero-order chi connectivity index (χ0) is 41.9. The van der Waals surface area contributed by atoms with E-state index in [0.717, 1.165) is 11.1 Å². The maximum absolute atomic E-state index is 4.20. The third-order valence-corrected chi connectivity index (χ3v) is 22.5. The second kappa shape index (κ2) is 16.8. The van der Waals surface area contributed by atoms with Gasteiger partial charge in [-0.25, -0.2) is 0 Å². The van der Waals surface area contributed by atoms with Crippen LogP contribution in [0.3, 0.4) is 0 Å². The van der Waals surface area contributed by atoms with Gasteiger partial charge in [0.2, 0.25) is 0 Å². The van der Waals surface area contributed by atoms with Gasteiger partial charge in [-0.05, 0) is 0 Å². The molecule has 10 rings (SSSR count). The average molecular weight is 831 g/mol. The van der Waals surface area contributed by atoms with Crippen molar-refractivity contribution in [2.45, 2.75) is 0 Å². The van der Waals surface area contributed by atoms with Gasteiger partial charge in [0.1, 0.15) is 0 Å². The van der Waals surface area contributed by atoms with Crippen LogP contribution in [-0.2, 0) is 0 Å². The molecular weight excluding hydrogens is 783 g/mol. The molecule has 0 N–H and O–H groups in total. The molecule has 0 saturated carbocycles. The molecule has 0 spiro atoms. The van der Waals surface area contributed by atoms with Crippen molar-refractivity contribution < 1.29 is 0 Å². The first-order valence-corrected chi connectivity index (χ1v) is 25.4. The van der Waals surface area contributed by atoms with Gasteiger partial charge < -0.3 is 0 Å². The van der Waals surface area contributed by atoms with E-state index in [1.54, 1.807) is 0 Å². The van der Waals surface area contributed by atoms with Gasteiger partial charge in [-0.15, -0.1) is 0 Å². The first-order chi connectivity index (χ1) is 30.7. The van der Waals surface area contributed by atoms with Gasteiger partial charge in [-0.2, -0.15) is 0 Å². The summed E-state index contributed by atoms with van der Waals surface area (Å²) in [5.41, 5.74) is 4.77. The summed E-state index contributed by atoms with van der Waals surface area (Å²) >= 11 is 0. The van der Waals surface area contributed by atoms with E-state index >= 15 is 0 Å². The Labute approximate surface area is 366 Å². The van der Waals surface area contributed by atoms with Crippen molar-refractivity contribution in [3.63, 3.8) is 0 Å². The molecule has 2 heteroatoms. The van der Waals surface area contributed by atoms with Crippen LogP contribution in [-0.4, -0.2) is 0 Å². The van der Waals surface area contributed by atoms with Gasteiger partial charge >= 0.3 is 369 Å². The van der Waals surface area contributed by atoms with E-state index in [1.807, 2.05) is 12.2 Å². The fraction of sp³-hybridized carbons (Fsp3) is 0. The molecular formula is C60H48P2. The van der Waals surface area contributed by atoms with Gasteiger partial charge in [-0.1, -0.05) is 0 Å². The van der Waals surface area contributed by atoms with Crippen LogP contribution < -0.4 is 42.4 Å². The summed E-state index contributed by atoms with van der Waals surface area (Å²) in [6, 6.07) is 91.6. The summed E-state index contributed by atoms with van der Waals surface area (Å²) in [7, 11) is -6.22. The van der Waals surface area contributed by atoms with Gasteiger partial charge in [0, 0.05) is 0 Å². The van der Waals surface area contributed by atoms with Crippen molar-refractivity contribution >= 4 is 90.7 Å². The third-order valence-electron chi connectivity index (χ3n) is 12.9. The fourth-order valence-corrected chi connectivity index (χ4v) is 20.1. The van der Waals surface area contributed by atoms with Gasteiger partial charge in [0.25, 0.3) is 0 Å². The Morgan fingerprint density at radius 3 is 0.774 bits per heavy atom. The normalized spacial score (nSPS) is 12.2. The first-order valence-electron chi connectivity index (χ1n) is 21.4. The quantitative estimate of drug-likeness (QED) is 0.114. The second-order valence-electron chi connectivity index (χ2n) is 16.0. The van der Waals surface area contributed by atoms with Gasteiger partial charge in [-0.3, -0.25) is 0 Å². The van der Waals surface area contributed by atoms with E-state index in [1.165, 1.54) is 75.1 Å². The molecule has 10 aromatic rings. The minimum absolute atomic E-state index is 1.10. The van der Waals surface area contributed by atoms with Crippen LogP contribution in [0.25, 0.3) is 44.8 Å². The van der Waals surface area contributed by atoms with Crippen LogP contribution in [0.5, 0.6) is 0 Å². The SMILES string of the molecule is C=Cc1ccc2c(-c3c([PH](c4ccccc4)(c4ccccc4)c4ccccc4)ccc4cc(C=C)ccc34)c([PH](c3ccccc3)(c3ccccc3)c3ccccc3)ccc2c1. The molecule has 0 bridgehead atoms. The molecule has 0 aliphatic rings. The molecule has 0 saturated heterocycles. The van der Waals surface area contributed by atoms with E-state index in [4.69, 9.17) is 0 Å². The number of benzene rings is 10.